The van der Waals surface area contributed by atoms with E-state index in [4.69, 9.17) is 5.73 Å². The molecule has 0 rings (SSSR count). The van der Waals surface area contributed by atoms with E-state index in [0.29, 0.717) is 12.3 Å². The van der Waals surface area contributed by atoms with E-state index < -0.39 is 9.84 Å². The maximum atomic E-state index is 10.8. The van der Waals surface area contributed by atoms with Gasteiger partial charge in [-0.3, -0.25) is 0 Å². The van der Waals surface area contributed by atoms with Crippen LogP contribution in [0.2, 0.25) is 0 Å². The lowest BCUT2D eigenvalue weighted by Gasteiger charge is -2.12. The molecule has 74 valence electrons. The Morgan fingerprint density at radius 1 is 1.33 bits per heavy atom. The minimum atomic E-state index is -2.83. The summed E-state index contributed by atoms with van der Waals surface area (Å²) in [6.07, 6.45) is 2.72. The van der Waals surface area contributed by atoms with E-state index in [1.54, 1.807) is 0 Å². The monoisotopic (exact) mass is 193 g/mol. The van der Waals surface area contributed by atoms with E-state index >= 15 is 0 Å². The third kappa shape index (κ3) is 8.01. The van der Waals surface area contributed by atoms with Crippen molar-refractivity contribution in [3.63, 3.8) is 0 Å². The highest BCUT2D eigenvalue weighted by molar-refractivity contribution is 7.90. The van der Waals surface area contributed by atoms with Gasteiger partial charge < -0.3 is 5.73 Å². The van der Waals surface area contributed by atoms with Crippen LogP contribution < -0.4 is 5.73 Å². The van der Waals surface area contributed by atoms with E-state index in [9.17, 15) is 8.42 Å². The van der Waals surface area contributed by atoms with Gasteiger partial charge in [-0.15, -0.1) is 0 Å². The summed E-state index contributed by atoms with van der Waals surface area (Å²) >= 11 is 0. The zero-order valence-electron chi connectivity index (χ0n) is 8.08. The molecule has 2 N–H and O–H groups in total. The van der Waals surface area contributed by atoms with Crippen molar-refractivity contribution in [1.29, 1.82) is 0 Å². The van der Waals surface area contributed by atoms with Crippen LogP contribution in [0.1, 0.15) is 26.7 Å². The van der Waals surface area contributed by atoms with Crippen molar-refractivity contribution in [3.8, 4) is 0 Å². The molecule has 0 aromatic heterocycles. The molecule has 0 aliphatic rings. The summed E-state index contributed by atoms with van der Waals surface area (Å²) in [7, 11) is -2.83. The minimum Gasteiger partial charge on any atom is -0.328 e. The molecule has 3 nitrogen and oxygen atoms in total. The first-order valence-corrected chi connectivity index (χ1v) is 6.30. The first kappa shape index (κ1) is 11.9. The Bertz CT molecular complexity index is 209. The summed E-state index contributed by atoms with van der Waals surface area (Å²) in [6.45, 7) is 4.17. The fourth-order valence-electron chi connectivity index (χ4n) is 1.09. The maximum absolute atomic E-state index is 10.8. The summed E-state index contributed by atoms with van der Waals surface area (Å²) in [5.74, 6) is 0.750. The summed E-state index contributed by atoms with van der Waals surface area (Å²) in [5.41, 5.74) is 5.72. The average molecular weight is 193 g/mol. The van der Waals surface area contributed by atoms with Crippen LogP contribution in [0.25, 0.3) is 0 Å². The van der Waals surface area contributed by atoms with Crippen LogP contribution in [0.3, 0.4) is 0 Å². The highest BCUT2D eigenvalue weighted by Crippen LogP contribution is 2.06. The molecule has 0 aliphatic heterocycles. The Hall–Kier alpha value is -0.0900. The Balaban J connectivity index is 3.65. The fourth-order valence-corrected chi connectivity index (χ4v) is 1.82. The Labute approximate surface area is 75.3 Å². The van der Waals surface area contributed by atoms with Crippen LogP contribution in [-0.4, -0.2) is 26.5 Å². The smallest absolute Gasteiger partial charge is 0.147 e. The van der Waals surface area contributed by atoms with Gasteiger partial charge in [0, 0.05) is 12.3 Å². The van der Waals surface area contributed by atoms with E-state index in [2.05, 4.69) is 13.8 Å². The molecule has 0 saturated carbocycles. The van der Waals surface area contributed by atoms with Crippen LogP contribution in [-0.2, 0) is 9.84 Å². The Morgan fingerprint density at radius 2 is 1.83 bits per heavy atom. The number of hydrogen-bond donors (Lipinski definition) is 1. The molecule has 0 aliphatic carbocycles. The van der Waals surface area contributed by atoms with Crippen molar-refractivity contribution in [1.82, 2.24) is 0 Å². The van der Waals surface area contributed by atoms with Crippen LogP contribution in [0.15, 0.2) is 0 Å². The molecular weight excluding hydrogens is 174 g/mol. The number of rotatable bonds is 5. The first-order valence-electron chi connectivity index (χ1n) is 4.24. The normalized spacial score (nSPS) is 15.1. The van der Waals surface area contributed by atoms with Crippen molar-refractivity contribution in [3.05, 3.63) is 0 Å². The maximum Gasteiger partial charge on any atom is 0.147 e. The summed E-state index contributed by atoms with van der Waals surface area (Å²) in [6, 6.07) is 0.0275. The number of nitrogens with two attached hydrogens (primary N) is 1. The van der Waals surface area contributed by atoms with Gasteiger partial charge in [0.15, 0.2) is 0 Å². The second-order valence-electron chi connectivity index (χ2n) is 3.81. The van der Waals surface area contributed by atoms with Crippen LogP contribution in [0, 0.1) is 5.92 Å². The van der Waals surface area contributed by atoms with Crippen molar-refractivity contribution in [2.45, 2.75) is 32.7 Å². The predicted molar refractivity (Wildman–Crippen MR) is 51.8 cm³/mol. The number of sulfone groups is 1. The van der Waals surface area contributed by atoms with Crippen LogP contribution >= 0.6 is 0 Å². The van der Waals surface area contributed by atoms with Gasteiger partial charge in [-0.1, -0.05) is 13.8 Å². The minimum absolute atomic E-state index is 0.0275. The lowest BCUT2D eigenvalue weighted by molar-refractivity contribution is 0.484. The fraction of sp³-hybridized carbons (Fsp3) is 1.00. The van der Waals surface area contributed by atoms with E-state index in [0.717, 1.165) is 6.42 Å². The predicted octanol–water partition coefficient (Wildman–Crippen LogP) is 0.795. The van der Waals surface area contributed by atoms with E-state index in [1.807, 2.05) is 0 Å². The number of hydrogen-bond acceptors (Lipinski definition) is 3. The SMILES string of the molecule is CC(C)C[C@H](N)CCS(C)(=O)=O. The molecule has 4 heteroatoms. The molecular formula is C8H19NO2S. The van der Waals surface area contributed by atoms with Crippen molar-refractivity contribution in [2.24, 2.45) is 11.7 Å². The molecule has 0 heterocycles. The van der Waals surface area contributed by atoms with Crippen molar-refractivity contribution >= 4 is 9.84 Å². The Morgan fingerprint density at radius 3 is 2.17 bits per heavy atom. The van der Waals surface area contributed by atoms with Crippen molar-refractivity contribution < 1.29 is 8.42 Å². The van der Waals surface area contributed by atoms with Gasteiger partial charge in [0.25, 0.3) is 0 Å². The summed E-state index contributed by atoms with van der Waals surface area (Å²) in [4.78, 5) is 0. The molecule has 0 fully saturated rings. The van der Waals surface area contributed by atoms with Crippen LogP contribution in [0.5, 0.6) is 0 Å². The topological polar surface area (TPSA) is 60.2 Å². The van der Waals surface area contributed by atoms with Gasteiger partial charge in [0.1, 0.15) is 9.84 Å². The lowest BCUT2D eigenvalue weighted by atomic mass is 10.0. The average Bonchev–Trinajstić information content (AvgIpc) is 1.80. The van der Waals surface area contributed by atoms with Gasteiger partial charge in [0.2, 0.25) is 0 Å². The molecule has 0 radical (unpaired) electrons. The van der Waals surface area contributed by atoms with Gasteiger partial charge >= 0.3 is 0 Å². The molecule has 0 aromatic carbocycles. The van der Waals surface area contributed by atoms with Gasteiger partial charge in [-0.05, 0) is 18.8 Å². The Kier molecular flexibility index (Phi) is 4.78. The quantitative estimate of drug-likeness (QED) is 0.702. The molecule has 0 amide bonds. The lowest BCUT2D eigenvalue weighted by Crippen LogP contribution is -2.25. The van der Waals surface area contributed by atoms with Gasteiger partial charge in [-0.2, -0.15) is 0 Å². The molecule has 12 heavy (non-hydrogen) atoms. The molecule has 1 atom stereocenters. The second kappa shape index (κ2) is 4.82. The third-order valence-corrected chi connectivity index (χ3v) is 2.61. The zero-order chi connectivity index (χ0) is 9.78. The summed E-state index contributed by atoms with van der Waals surface area (Å²) in [5, 5.41) is 0. The highest BCUT2D eigenvalue weighted by atomic mass is 32.2. The van der Waals surface area contributed by atoms with Gasteiger partial charge in [0.05, 0.1) is 5.75 Å². The third-order valence-electron chi connectivity index (χ3n) is 1.63. The highest BCUT2D eigenvalue weighted by Gasteiger charge is 2.09. The molecule has 0 unspecified atom stereocenters. The van der Waals surface area contributed by atoms with E-state index in [-0.39, 0.29) is 11.8 Å². The molecule has 0 saturated heterocycles. The molecule has 0 aromatic rings. The van der Waals surface area contributed by atoms with Gasteiger partial charge in [-0.25, -0.2) is 8.42 Å². The molecule has 0 spiro atoms. The van der Waals surface area contributed by atoms with Crippen LogP contribution in [0.4, 0.5) is 0 Å². The van der Waals surface area contributed by atoms with Crippen molar-refractivity contribution in [2.75, 3.05) is 12.0 Å². The summed E-state index contributed by atoms with van der Waals surface area (Å²) < 4.78 is 21.5. The first-order chi connectivity index (χ1) is 5.31. The van der Waals surface area contributed by atoms with E-state index in [1.165, 1.54) is 6.26 Å². The molecule has 0 bridgehead atoms. The zero-order valence-corrected chi connectivity index (χ0v) is 8.89. The largest absolute Gasteiger partial charge is 0.328 e. The second-order valence-corrected chi connectivity index (χ2v) is 6.07. The standard InChI is InChI=1S/C8H19NO2S/c1-7(2)6-8(9)4-5-12(3,10)11/h7-8H,4-6,9H2,1-3H3/t8-/m1/s1.